The lowest BCUT2D eigenvalue weighted by atomic mass is 9.84. The fraction of sp³-hybridized carbons (Fsp3) is 0. The van der Waals surface area contributed by atoms with E-state index >= 15 is 0 Å². The number of carbonyl (C=O) groups excluding carboxylic acids is 2. The van der Waals surface area contributed by atoms with E-state index in [1.54, 1.807) is 0 Å². The van der Waals surface area contributed by atoms with Crippen molar-refractivity contribution in [3.8, 4) is 0 Å². The molecule has 1 aliphatic rings. The van der Waals surface area contributed by atoms with Gasteiger partial charge in [0.15, 0.2) is 11.6 Å². The van der Waals surface area contributed by atoms with Crippen LogP contribution in [0.4, 0.5) is 0 Å². The Morgan fingerprint density at radius 3 is 1.23 bits per heavy atom. The lowest BCUT2D eigenvalue weighted by molar-refractivity contribution is 0.0974. The van der Waals surface area contributed by atoms with Crippen LogP contribution in [-0.4, -0.2) is 37.5 Å². The van der Waals surface area contributed by atoms with Gasteiger partial charge in [0, 0.05) is 20.1 Å². The number of fused-ring (bicyclic) bond motifs is 2. The number of hydrogen-bond acceptors (Lipinski definition) is 6. The molecule has 0 aliphatic heterocycles. The van der Waals surface area contributed by atoms with E-state index in [0.717, 1.165) is 24.3 Å². The van der Waals surface area contributed by atoms with E-state index in [-0.39, 0.29) is 8.95 Å². The van der Waals surface area contributed by atoms with Crippen molar-refractivity contribution in [3.63, 3.8) is 0 Å². The van der Waals surface area contributed by atoms with Gasteiger partial charge in [-0.15, -0.1) is 0 Å². The highest BCUT2D eigenvalue weighted by molar-refractivity contribution is 9.10. The van der Waals surface area contributed by atoms with Crippen molar-refractivity contribution >= 4 is 63.7 Å². The van der Waals surface area contributed by atoms with Crippen LogP contribution in [0.25, 0.3) is 0 Å². The zero-order valence-corrected chi connectivity index (χ0v) is 17.0. The van der Waals surface area contributed by atoms with E-state index in [0.29, 0.717) is 0 Å². The Kier molecular flexibility index (Phi) is 4.49. The predicted molar refractivity (Wildman–Crippen MR) is 94.8 cm³/mol. The van der Waals surface area contributed by atoms with Gasteiger partial charge in [-0.3, -0.25) is 18.7 Å². The van der Waals surface area contributed by atoms with Crippen molar-refractivity contribution in [1.82, 2.24) is 0 Å². The summed E-state index contributed by atoms with van der Waals surface area (Å²) in [4.78, 5) is 24.1. The van der Waals surface area contributed by atoms with Crippen LogP contribution in [0, 0.1) is 0 Å². The van der Waals surface area contributed by atoms with E-state index in [4.69, 9.17) is 0 Å². The molecule has 0 unspecified atom stereocenters. The number of hydrogen-bond donors (Lipinski definition) is 2. The maximum Gasteiger partial charge on any atom is 0.295 e. The summed E-state index contributed by atoms with van der Waals surface area (Å²) in [6.07, 6.45) is 0. The first-order valence-electron chi connectivity index (χ1n) is 6.54. The molecule has 26 heavy (non-hydrogen) atoms. The van der Waals surface area contributed by atoms with Gasteiger partial charge in [-0.1, -0.05) is 31.9 Å². The Labute approximate surface area is 164 Å². The van der Waals surface area contributed by atoms with Crippen molar-refractivity contribution in [2.24, 2.45) is 0 Å². The maximum atomic E-state index is 12.8. The van der Waals surface area contributed by atoms with Gasteiger partial charge in [-0.25, -0.2) is 0 Å². The third-order valence-electron chi connectivity index (χ3n) is 3.63. The first-order valence-corrected chi connectivity index (χ1v) is 11.0. The van der Waals surface area contributed by atoms with E-state index in [1.165, 1.54) is 0 Å². The summed E-state index contributed by atoms with van der Waals surface area (Å²) in [5, 5.41) is 0. The normalized spacial score (nSPS) is 14.2. The minimum Gasteiger partial charge on any atom is -0.289 e. The summed E-state index contributed by atoms with van der Waals surface area (Å²) in [7, 11) is -9.71. The highest BCUT2D eigenvalue weighted by atomic mass is 79.9. The van der Waals surface area contributed by atoms with E-state index in [9.17, 15) is 35.5 Å². The molecule has 8 nitrogen and oxygen atoms in total. The highest BCUT2D eigenvalue weighted by Gasteiger charge is 2.38. The molecule has 0 atom stereocenters. The second kappa shape index (κ2) is 6.04. The Bertz CT molecular complexity index is 1130. The second-order valence-corrected chi connectivity index (χ2v) is 9.87. The zero-order valence-electron chi connectivity index (χ0n) is 12.2. The van der Waals surface area contributed by atoms with Crippen LogP contribution >= 0.6 is 31.9 Å². The Hall–Kier alpha value is -1.44. The molecule has 1 aliphatic carbocycles. The molecular formula is C14H6Br2O8S2. The van der Waals surface area contributed by atoms with Crippen molar-refractivity contribution in [3.05, 3.63) is 55.5 Å². The smallest absolute Gasteiger partial charge is 0.289 e. The summed E-state index contributed by atoms with van der Waals surface area (Å²) in [6, 6.07) is 4.16. The third kappa shape index (κ3) is 3.06. The number of carbonyl (C=O) groups is 2. The Morgan fingerprint density at radius 1 is 0.654 bits per heavy atom. The van der Waals surface area contributed by atoms with Gasteiger partial charge < -0.3 is 0 Å². The van der Waals surface area contributed by atoms with E-state index < -0.39 is 63.8 Å². The Balaban J connectivity index is 2.50. The quantitative estimate of drug-likeness (QED) is 0.485. The fourth-order valence-electron chi connectivity index (χ4n) is 2.67. The molecule has 0 saturated heterocycles. The molecule has 0 spiro atoms. The first kappa shape index (κ1) is 19.3. The van der Waals surface area contributed by atoms with Crippen LogP contribution in [0.3, 0.4) is 0 Å². The van der Waals surface area contributed by atoms with Crippen LogP contribution in [0.2, 0.25) is 0 Å². The molecule has 0 radical (unpaired) electrons. The summed E-state index contributed by atoms with van der Waals surface area (Å²) >= 11 is 5.95. The molecule has 0 heterocycles. The first-order chi connectivity index (χ1) is 11.8. The van der Waals surface area contributed by atoms with Gasteiger partial charge in [0.25, 0.3) is 20.2 Å². The summed E-state index contributed by atoms with van der Waals surface area (Å²) in [5.74, 6) is -1.97. The monoisotopic (exact) mass is 524 g/mol. The minimum absolute atomic E-state index is 0.0685. The van der Waals surface area contributed by atoms with E-state index in [2.05, 4.69) is 31.9 Å². The zero-order chi connectivity index (χ0) is 19.6. The van der Waals surface area contributed by atoms with Crippen LogP contribution < -0.4 is 0 Å². The molecule has 0 fully saturated rings. The molecule has 3 rings (SSSR count). The van der Waals surface area contributed by atoms with Crippen LogP contribution in [-0.2, 0) is 20.2 Å². The van der Waals surface area contributed by atoms with Crippen molar-refractivity contribution in [2.45, 2.75) is 9.79 Å². The lowest BCUT2D eigenvalue weighted by Gasteiger charge is -2.21. The Morgan fingerprint density at radius 2 is 0.962 bits per heavy atom. The molecule has 2 N–H and O–H groups in total. The van der Waals surface area contributed by atoms with E-state index in [1.807, 2.05) is 0 Å². The van der Waals surface area contributed by atoms with Gasteiger partial charge >= 0.3 is 0 Å². The van der Waals surface area contributed by atoms with Crippen LogP contribution in [0.1, 0.15) is 31.8 Å². The fourth-order valence-corrected chi connectivity index (χ4v) is 5.36. The molecule has 12 heteroatoms. The summed E-state index contributed by atoms with van der Waals surface area (Å²) in [6.45, 7) is 0. The number of rotatable bonds is 2. The molecule has 2 aromatic carbocycles. The number of benzene rings is 2. The third-order valence-corrected chi connectivity index (χ3v) is 6.30. The predicted octanol–water partition coefficient (Wildman–Crippen LogP) is 2.48. The van der Waals surface area contributed by atoms with Crippen LogP contribution in [0.15, 0.2) is 43.0 Å². The van der Waals surface area contributed by atoms with Gasteiger partial charge in [-0.05, 0) is 24.3 Å². The van der Waals surface area contributed by atoms with Gasteiger partial charge in [0.1, 0.15) is 9.79 Å². The molecule has 0 bridgehead atoms. The number of ketones is 2. The topological polar surface area (TPSA) is 143 Å². The van der Waals surface area contributed by atoms with Gasteiger partial charge in [0.05, 0.1) is 11.1 Å². The average molecular weight is 526 g/mol. The number of halogens is 2. The largest absolute Gasteiger partial charge is 0.295 e. The molecule has 136 valence electrons. The van der Waals surface area contributed by atoms with Crippen molar-refractivity contribution < 1.29 is 35.5 Å². The molecule has 0 aromatic heterocycles. The molecule has 0 saturated carbocycles. The maximum absolute atomic E-state index is 12.8. The van der Waals surface area contributed by atoms with Crippen molar-refractivity contribution in [1.29, 1.82) is 0 Å². The second-order valence-electron chi connectivity index (χ2n) is 5.26. The highest BCUT2D eigenvalue weighted by Crippen LogP contribution is 2.37. The molecule has 2 aromatic rings. The standard InChI is InChI=1S/C14H6Br2O8S2/c15-5-1-7-11(9(3-5)25(19,20)21)14(18)8-2-6(16)4-10(26(22,23)24)12(8)13(7)17/h1-4H,(H,19,20,21)(H,22,23,24). The lowest BCUT2D eigenvalue weighted by Crippen LogP contribution is -2.26. The van der Waals surface area contributed by atoms with Crippen LogP contribution in [0.5, 0.6) is 0 Å². The van der Waals surface area contributed by atoms with Crippen molar-refractivity contribution in [2.75, 3.05) is 0 Å². The summed E-state index contributed by atoms with van der Waals surface area (Å²) < 4.78 is 65.5. The van der Waals surface area contributed by atoms with Gasteiger partial charge in [-0.2, -0.15) is 16.8 Å². The average Bonchev–Trinajstić information content (AvgIpc) is 2.49. The van der Waals surface area contributed by atoms with Gasteiger partial charge in [0.2, 0.25) is 0 Å². The molecular weight excluding hydrogens is 520 g/mol. The molecule has 0 amide bonds. The summed E-state index contributed by atoms with van der Waals surface area (Å²) in [5.41, 5.74) is -1.99. The minimum atomic E-state index is -4.86. The SMILES string of the molecule is O=C1c2cc(Br)cc(S(=O)(=O)O)c2C(=O)c2cc(Br)cc(S(=O)(=O)O)c21.